The molecule has 1 atom stereocenters. The lowest BCUT2D eigenvalue weighted by atomic mass is 10.0. The van der Waals surface area contributed by atoms with Gasteiger partial charge in [-0.1, -0.05) is 48.2 Å². The summed E-state index contributed by atoms with van der Waals surface area (Å²) in [5, 5.41) is 3.58. The van der Waals surface area contributed by atoms with Crippen molar-refractivity contribution in [3.05, 3.63) is 101 Å². The number of rotatable bonds is 12. The van der Waals surface area contributed by atoms with Crippen LogP contribution in [0.3, 0.4) is 0 Å². The first-order chi connectivity index (χ1) is 22.3. The maximum absolute atomic E-state index is 14.3. The van der Waals surface area contributed by atoms with Crippen molar-refractivity contribution in [1.29, 1.82) is 0 Å². The van der Waals surface area contributed by atoms with Gasteiger partial charge in [0.25, 0.3) is 5.91 Å². The molecule has 240 valence electrons. The van der Waals surface area contributed by atoms with Crippen LogP contribution in [0.1, 0.15) is 28.6 Å². The molecule has 1 N–H and O–H groups in total. The third kappa shape index (κ3) is 8.35. The smallest absolute Gasteiger partial charge is 0.251 e. The Balaban J connectivity index is 1.48. The second-order valence-electron chi connectivity index (χ2n) is 10.9. The topological polar surface area (TPSA) is 106 Å². The van der Waals surface area contributed by atoms with Crippen molar-refractivity contribution < 1.29 is 23.8 Å². The number of amides is 2. The van der Waals surface area contributed by atoms with Crippen LogP contribution in [-0.2, 0) is 20.9 Å². The van der Waals surface area contributed by atoms with E-state index in [1.165, 1.54) is 11.8 Å². The number of nitrogens with zero attached hydrogens (tertiary/aromatic N) is 4. The predicted molar refractivity (Wildman–Crippen MR) is 180 cm³/mol. The minimum absolute atomic E-state index is 0.0427. The second kappa shape index (κ2) is 15.6. The SMILES string of the molecule is COc1ccc(C(C(=O)Nc2ccc(N3CCOCC3)cc2)N(Cc2ccccc2)C(=O)CSc2nc(C)cc(C)n2)cc1OC. The van der Waals surface area contributed by atoms with E-state index in [0.717, 1.165) is 35.7 Å². The van der Waals surface area contributed by atoms with Gasteiger partial charge >= 0.3 is 0 Å². The van der Waals surface area contributed by atoms with Crippen LogP contribution < -0.4 is 19.7 Å². The first-order valence-electron chi connectivity index (χ1n) is 15.1. The Labute approximate surface area is 274 Å². The van der Waals surface area contributed by atoms with Crippen LogP contribution >= 0.6 is 11.8 Å². The van der Waals surface area contributed by atoms with Crippen molar-refractivity contribution in [3.8, 4) is 11.5 Å². The molecule has 0 spiro atoms. The zero-order valence-electron chi connectivity index (χ0n) is 26.6. The second-order valence-corrected chi connectivity index (χ2v) is 11.8. The highest BCUT2D eigenvalue weighted by Crippen LogP contribution is 2.34. The molecule has 1 saturated heterocycles. The van der Waals surface area contributed by atoms with Crippen LogP contribution in [0.15, 0.2) is 84.0 Å². The summed E-state index contributed by atoms with van der Waals surface area (Å²) < 4.78 is 16.5. The zero-order chi connectivity index (χ0) is 32.5. The summed E-state index contributed by atoms with van der Waals surface area (Å²) in [5.74, 6) is 0.420. The van der Waals surface area contributed by atoms with Gasteiger partial charge in [0.2, 0.25) is 5.91 Å². The number of carbonyl (C=O) groups excluding carboxylic acids is 2. The van der Waals surface area contributed by atoms with Crippen molar-refractivity contribution in [2.45, 2.75) is 31.6 Å². The summed E-state index contributed by atoms with van der Waals surface area (Å²) >= 11 is 1.25. The van der Waals surface area contributed by atoms with E-state index < -0.39 is 6.04 Å². The van der Waals surface area contributed by atoms with Crippen molar-refractivity contribution in [1.82, 2.24) is 14.9 Å². The number of nitrogens with one attached hydrogen (secondary N) is 1. The van der Waals surface area contributed by atoms with Crippen LogP contribution in [0.2, 0.25) is 0 Å². The minimum atomic E-state index is -0.993. The van der Waals surface area contributed by atoms with Crippen molar-refractivity contribution in [2.75, 3.05) is 56.5 Å². The van der Waals surface area contributed by atoms with Gasteiger partial charge < -0.3 is 29.3 Å². The van der Waals surface area contributed by atoms with E-state index in [0.29, 0.717) is 41.1 Å². The average molecular weight is 642 g/mol. The normalized spacial score (nSPS) is 13.5. The summed E-state index contributed by atoms with van der Waals surface area (Å²) in [6.07, 6.45) is 0. The Morgan fingerprint density at radius 1 is 0.913 bits per heavy atom. The molecule has 4 aromatic rings. The Morgan fingerprint density at radius 3 is 2.24 bits per heavy atom. The first-order valence-corrected chi connectivity index (χ1v) is 16.1. The van der Waals surface area contributed by atoms with Crippen molar-refractivity contribution in [3.63, 3.8) is 0 Å². The van der Waals surface area contributed by atoms with Gasteiger partial charge in [-0.05, 0) is 67.4 Å². The molecule has 2 heterocycles. The van der Waals surface area contributed by atoms with Crippen LogP contribution in [0.5, 0.6) is 11.5 Å². The van der Waals surface area contributed by atoms with Crippen LogP contribution in [0, 0.1) is 13.8 Å². The number of hydrogen-bond donors (Lipinski definition) is 1. The molecular formula is C35H39N5O5S. The number of hydrogen-bond acceptors (Lipinski definition) is 9. The maximum Gasteiger partial charge on any atom is 0.251 e. The molecule has 1 aromatic heterocycles. The highest BCUT2D eigenvalue weighted by Gasteiger charge is 2.33. The summed E-state index contributed by atoms with van der Waals surface area (Å²) in [6, 6.07) is 23.5. The van der Waals surface area contributed by atoms with E-state index in [2.05, 4.69) is 20.2 Å². The fraction of sp³-hybridized carbons (Fsp3) is 0.314. The molecule has 1 unspecified atom stereocenters. The van der Waals surface area contributed by atoms with Crippen LogP contribution in [0.25, 0.3) is 0 Å². The molecule has 3 aromatic carbocycles. The number of aromatic nitrogens is 2. The molecule has 1 aliphatic rings. The highest BCUT2D eigenvalue weighted by atomic mass is 32.2. The molecule has 0 aliphatic carbocycles. The van der Waals surface area contributed by atoms with E-state index >= 15 is 0 Å². The van der Waals surface area contributed by atoms with Crippen molar-refractivity contribution in [2.24, 2.45) is 0 Å². The fourth-order valence-corrected chi connectivity index (χ4v) is 6.19. The number of carbonyl (C=O) groups is 2. The molecule has 10 nitrogen and oxygen atoms in total. The van der Waals surface area contributed by atoms with Gasteiger partial charge in [-0.15, -0.1) is 0 Å². The minimum Gasteiger partial charge on any atom is -0.493 e. The molecule has 5 rings (SSSR count). The molecule has 2 amide bonds. The molecule has 0 bridgehead atoms. The summed E-state index contributed by atoms with van der Waals surface area (Å²) in [7, 11) is 3.10. The zero-order valence-corrected chi connectivity index (χ0v) is 27.4. The Hall–Kier alpha value is -4.61. The number of thioether (sulfide) groups is 1. The third-order valence-corrected chi connectivity index (χ3v) is 8.43. The molecule has 1 aliphatic heterocycles. The first kappa shape index (κ1) is 32.8. The monoisotopic (exact) mass is 641 g/mol. The van der Waals surface area contributed by atoms with Crippen LogP contribution in [-0.4, -0.2) is 73.0 Å². The van der Waals surface area contributed by atoms with E-state index in [1.807, 2.05) is 74.5 Å². The van der Waals surface area contributed by atoms with E-state index in [1.54, 1.807) is 37.3 Å². The number of aryl methyl sites for hydroxylation is 2. The standard InChI is InChI=1S/C35H39N5O5S/c1-24-20-25(2)37-35(36-24)46-23-32(41)40(22-26-8-6-5-7-9-26)33(27-10-15-30(43-3)31(21-27)44-4)34(42)38-28-11-13-29(14-12-28)39-16-18-45-19-17-39/h5-15,20-21,33H,16-19,22-23H2,1-4H3,(H,38,42). The Bertz CT molecular complexity index is 1610. The number of benzene rings is 3. The van der Waals surface area contributed by atoms with E-state index in [-0.39, 0.29) is 24.1 Å². The molecule has 46 heavy (non-hydrogen) atoms. The van der Waals surface area contributed by atoms with E-state index in [9.17, 15) is 9.59 Å². The molecule has 1 fully saturated rings. The lowest BCUT2D eigenvalue weighted by Crippen LogP contribution is -2.42. The van der Waals surface area contributed by atoms with Crippen LogP contribution in [0.4, 0.5) is 11.4 Å². The van der Waals surface area contributed by atoms with Gasteiger partial charge in [-0.3, -0.25) is 9.59 Å². The molecule has 0 radical (unpaired) electrons. The fourth-order valence-electron chi connectivity index (χ4n) is 5.35. The van der Waals surface area contributed by atoms with Gasteiger partial charge in [0.1, 0.15) is 6.04 Å². The highest BCUT2D eigenvalue weighted by molar-refractivity contribution is 7.99. The van der Waals surface area contributed by atoms with Gasteiger partial charge in [0.15, 0.2) is 16.7 Å². The summed E-state index contributed by atoms with van der Waals surface area (Å²) in [4.78, 5) is 41.3. The van der Waals surface area contributed by atoms with Gasteiger partial charge in [0, 0.05) is 42.4 Å². The summed E-state index contributed by atoms with van der Waals surface area (Å²) in [6.45, 7) is 7.00. The maximum atomic E-state index is 14.3. The lowest BCUT2D eigenvalue weighted by molar-refractivity contribution is -0.137. The average Bonchev–Trinajstić information content (AvgIpc) is 3.07. The number of anilines is 2. The van der Waals surface area contributed by atoms with Gasteiger partial charge in [0.05, 0.1) is 33.2 Å². The quantitative estimate of drug-likeness (QED) is 0.160. The Morgan fingerprint density at radius 2 is 1.59 bits per heavy atom. The molecule has 11 heteroatoms. The lowest BCUT2D eigenvalue weighted by Gasteiger charge is -2.32. The van der Waals surface area contributed by atoms with E-state index in [4.69, 9.17) is 14.2 Å². The van der Waals surface area contributed by atoms with Crippen molar-refractivity contribution >= 4 is 35.0 Å². The van der Waals surface area contributed by atoms with Gasteiger partial charge in [-0.2, -0.15) is 0 Å². The Kier molecular flexibility index (Phi) is 11.1. The molecule has 0 saturated carbocycles. The number of morpholine rings is 1. The number of methoxy groups -OCH3 is 2. The largest absolute Gasteiger partial charge is 0.493 e. The molecular weight excluding hydrogens is 602 g/mol. The number of ether oxygens (including phenoxy) is 3. The third-order valence-electron chi connectivity index (χ3n) is 7.60. The summed E-state index contributed by atoms with van der Waals surface area (Å²) in [5.41, 5.74) is 4.80. The van der Waals surface area contributed by atoms with Gasteiger partial charge in [-0.25, -0.2) is 9.97 Å². The predicted octanol–water partition coefficient (Wildman–Crippen LogP) is 5.45.